The Bertz CT molecular complexity index is 967. The van der Waals surface area contributed by atoms with Crippen molar-refractivity contribution < 1.29 is 14.8 Å². The lowest BCUT2D eigenvalue weighted by atomic mass is 10.0. The summed E-state index contributed by atoms with van der Waals surface area (Å²) in [6, 6.07) is 13.5. The van der Waals surface area contributed by atoms with Crippen molar-refractivity contribution in [3.8, 4) is 0 Å². The van der Waals surface area contributed by atoms with Gasteiger partial charge in [0.25, 0.3) is 11.6 Å². The number of aliphatic hydroxyl groups is 1. The largest absolute Gasteiger partial charge is 0.383 e. The second kappa shape index (κ2) is 7.03. The lowest BCUT2D eigenvalue weighted by Gasteiger charge is -2.22. The molecule has 0 saturated heterocycles. The third-order valence-electron chi connectivity index (χ3n) is 3.95. The highest BCUT2D eigenvalue weighted by molar-refractivity contribution is 7.19. The molecule has 3 aromatic rings. The summed E-state index contributed by atoms with van der Waals surface area (Å²) in [4.78, 5) is 23.3. The summed E-state index contributed by atoms with van der Waals surface area (Å²) in [5.41, 5.74) is -1.50. The minimum absolute atomic E-state index is 0.0327. The Balaban J connectivity index is 1.75. The lowest BCUT2D eigenvalue weighted by Crippen LogP contribution is -2.38. The first-order valence-corrected chi connectivity index (χ1v) is 8.91. The lowest BCUT2D eigenvalue weighted by molar-refractivity contribution is -0.384. The third kappa shape index (κ3) is 3.70. The summed E-state index contributed by atoms with van der Waals surface area (Å²) < 4.78 is 1.04. The molecule has 0 radical (unpaired) electrons. The fourth-order valence-corrected chi connectivity index (χ4v) is 3.78. The van der Waals surface area contributed by atoms with Gasteiger partial charge in [-0.15, -0.1) is 11.3 Å². The van der Waals surface area contributed by atoms with Crippen molar-refractivity contribution in [1.82, 2.24) is 5.32 Å². The van der Waals surface area contributed by atoms with Crippen molar-refractivity contribution in [2.24, 2.45) is 0 Å². The summed E-state index contributed by atoms with van der Waals surface area (Å²) in [6.07, 6.45) is 0. The molecule has 0 saturated carbocycles. The summed E-state index contributed by atoms with van der Waals surface area (Å²) in [5, 5.41) is 25.3. The van der Waals surface area contributed by atoms with Crippen LogP contribution in [0, 0.1) is 10.1 Å². The zero-order chi connectivity index (χ0) is 18.9. The molecular formula is C18H15ClN2O4S. The van der Waals surface area contributed by atoms with Gasteiger partial charge in [0.2, 0.25) is 0 Å². The Morgan fingerprint density at radius 1 is 1.31 bits per heavy atom. The molecular weight excluding hydrogens is 376 g/mol. The van der Waals surface area contributed by atoms with Crippen LogP contribution >= 0.6 is 22.9 Å². The van der Waals surface area contributed by atoms with E-state index in [0.717, 1.165) is 21.0 Å². The molecule has 2 N–H and O–H groups in total. The van der Waals surface area contributed by atoms with Gasteiger partial charge in [-0.25, -0.2) is 0 Å². The van der Waals surface area contributed by atoms with E-state index >= 15 is 0 Å². The van der Waals surface area contributed by atoms with Crippen molar-refractivity contribution in [3.63, 3.8) is 0 Å². The number of benzene rings is 2. The quantitative estimate of drug-likeness (QED) is 0.506. The van der Waals surface area contributed by atoms with Crippen molar-refractivity contribution in [2.45, 2.75) is 12.5 Å². The molecule has 0 fully saturated rings. The monoisotopic (exact) mass is 390 g/mol. The highest BCUT2D eigenvalue weighted by Crippen LogP contribution is 2.33. The average Bonchev–Trinajstić information content (AvgIpc) is 3.05. The van der Waals surface area contributed by atoms with Crippen LogP contribution in [-0.2, 0) is 5.60 Å². The van der Waals surface area contributed by atoms with Gasteiger partial charge in [-0.05, 0) is 36.6 Å². The molecule has 2 aromatic carbocycles. The van der Waals surface area contributed by atoms with E-state index in [1.54, 1.807) is 6.92 Å². The minimum Gasteiger partial charge on any atom is -0.383 e. The molecule has 1 heterocycles. The molecule has 1 atom stereocenters. The van der Waals surface area contributed by atoms with Crippen LogP contribution in [0.4, 0.5) is 5.69 Å². The SMILES string of the molecule is CC(O)(CNC(=O)c1ccc(Cl)c([N+](=O)[O-])c1)c1cc2ccccc2s1. The van der Waals surface area contributed by atoms with Gasteiger partial charge >= 0.3 is 0 Å². The van der Waals surface area contributed by atoms with Crippen LogP contribution in [0.2, 0.25) is 5.02 Å². The Kier molecular flexibility index (Phi) is 4.95. The second-order valence-electron chi connectivity index (χ2n) is 6.03. The number of rotatable bonds is 5. The number of amides is 1. The molecule has 134 valence electrons. The summed E-state index contributed by atoms with van der Waals surface area (Å²) in [7, 11) is 0. The first-order chi connectivity index (χ1) is 12.3. The maximum absolute atomic E-state index is 12.3. The number of nitro benzene ring substituents is 1. The summed E-state index contributed by atoms with van der Waals surface area (Å²) >= 11 is 7.20. The predicted octanol–water partition coefficient (Wildman–Crippen LogP) is 4.10. The number of hydrogen-bond donors (Lipinski definition) is 2. The molecule has 8 heteroatoms. The first kappa shape index (κ1) is 18.3. The van der Waals surface area contributed by atoms with Crippen LogP contribution in [-0.4, -0.2) is 22.5 Å². The van der Waals surface area contributed by atoms with Gasteiger partial charge in [-0.2, -0.15) is 0 Å². The van der Waals surface area contributed by atoms with Gasteiger partial charge in [0, 0.05) is 21.2 Å². The molecule has 0 bridgehead atoms. The Morgan fingerprint density at radius 2 is 2.04 bits per heavy atom. The number of nitro groups is 1. The van der Waals surface area contributed by atoms with Crippen LogP contribution < -0.4 is 5.32 Å². The number of thiophene rings is 1. The Labute approximate surface area is 158 Å². The number of halogens is 1. The summed E-state index contributed by atoms with van der Waals surface area (Å²) in [6.45, 7) is 1.58. The van der Waals surface area contributed by atoms with Crippen LogP contribution in [0.3, 0.4) is 0 Å². The van der Waals surface area contributed by atoms with Crippen molar-refractivity contribution in [2.75, 3.05) is 6.54 Å². The smallest absolute Gasteiger partial charge is 0.288 e. The molecule has 1 aromatic heterocycles. The van der Waals surface area contributed by atoms with Gasteiger partial charge in [-0.1, -0.05) is 29.8 Å². The number of hydrogen-bond acceptors (Lipinski definition) is 5. The van der Waals surface area contributed by atoms with E-state index in [0.29, 0.717) is 0 Å². The van der Waals surface area contributed by atoms with Gasteiger partial charge in [0.1, 0.15) is 10.6 Å². The van der Waals surface area contributed by atoms with Crippen LogP contribution in [0.15, 0.2) is 48.5 Å². The van der Waals surface area contributed by atoms with E-state index < -0.39 is 16.4 Å². The van der Waals surface area contributed by atoms with E-state index in [4.69, 9.17) is 11.6 Å². The molecule has 6 nitrogen and oxygen atoms in total. The van der Waals surface area contributed by atoms with Crippen molar-refractivity contribution in [1.29, 1.82) is 0 Å². The normalized spacial score (nSPS) is 13.3. The van der Waals surface area contributed by atoms with E-state index in [2.05, 4.69) is 5.32 Å². The molecule has 1 amide bonds. The average molecular weight is 391 g/mol. The van der Waals surface area contributed by atoms with E-state index in [1.165, 1.54) is 23.5 Å². The molecule has 1 unspecified atom stereocenters. The second-order valence-corrected chi connectivity index (χ2v) is 7.52. The van der Waals surface area contributed by atoms with E-state index in [9.17, 15) is 20.0 Å². The van der Waals surface area contributed by atoms with Gasteiger partial charge < -0.3 is 10.4 Å². The van der Waals surface area contributed by atoms with Crippen LogP contribution in [0.25, 0.3) is 10.1 Å². The summed E-state index contributed by atoms with van der Waals surface area (Å²) in [5.74, 6) is -0.522. The third-order valence-corrected chi connectivity index (χ3v) is 5.64. The zero-order valence-corrected chi connectivity index (χ0v) is 15.3. The minimum atomic E-state index is -1.27. The molecule has 0 aliphatic rings. The maximum Gasteiger partial charge on any atom is 0.288 e. The molecule has 26 heavy (non-hydrogen) atoms. The number of nitrogens with one attached hydrogen (secondary N) is 1. The number of carbonyl (C=O) groups is 1. The molecule has 0 aliphatic carbocycles. The molecule has 0 spiro atoms. The zero-order valence-electron chi connectivity index (χ0n) is 13.7. The molecule has 3 rings (SSSR count). The van der Waals surface area contributed by atoms with Gasteiger partial charge in [0.15, 0.2) is 0 Å². The number of fused-ring (bicyclic) bond motifs is 1. The maximum atomic E-state index is 12.3. The van der Waals surface area contributed by atoms with Gasteiger partial charge in [-0.3, -0.25) is 14.9 Å². The van der Waals surface area contributed by atoms with Crippen molar-refractivity contribution >= 4 is 44.6 Å². The van der Waals surface area contributed by atoms with E-state index in [-0.39, 0.29) is 22.8 Å². The number of carbonyl (C=O) groups excluding carboxylic acids is 1. The Hall–Kier alpha value is -2.48. The van der Waals surface area contributed by atoms with Gasteiger partial charge in [0.05, 0.1) is 11.5 Å². The predicted molar refractivity (Wildman–Crippen MR) is 102 cm³/mol. The fourth-order valence-electron chi connectivity index (χ4n) is 2.48. The van der Waals surface area contributed by atoms with E-state index in [1.807, 2.05) is 30.3 Å². The molecule has 0 aliphatic heterocycles. The van der Waals surface area contributed by atoms with Crippen LogP contribution in [0.1, 0.15) is 22.2 Å². The highest BCUT2D eigenvalue weighted by Gasteiger charge is 2.27. The first-order valence-electron chi connectivity index (χ1n) is 7.71. The topological polar surface area (TPSA) is 92.5 Å². The number of nitrogens with zero attached hydrogens (tertiary/aromatic N) is 1. The highest BCUT2D eigenvalue weighted by atomic mass is 35.5. The fraction of sp³-hybridized carbons (Fsp3) is 0.167. The van der Waals surface area contributed by atoms with Crippen LogP contribution in [0.5, 0.6) is 0 Å². The van der Waals surface area contributed by atoms with Crippen molar-refractivity contribution in [3.05, 3.63) is 74.1 Å². The standard InChI is InChI=1S/C18H15ClN2O4S/c1-18(23,16-9-11-4-2-3-5-15(11)26-16)10-20-17(22)12-6-7-13(19)14(8-12)21(24)25/h2-9,23H,10H2,1H3,(H,20,22). The Morgan fingerprint density at radius 3 is 2.73 bits per heavy atom.